The Hall–Kier alpha value is -3.42. The summed E-state index contributed by atoms with van der Waals surface area (Å²) in [6.45, 7) is 3.67. The molecule has 4 rings (SSSR count). The fraction of sp³-hybridized carbons (Fsp3) is 0.192. The van der Waals surface area contributed by atoms with Gasteiger partial charge in [0.05, 0.1) is 26.7 Å². The number of hydrogen-bond donors (Lipinski definition) is 2. The van der Waals surface area contributed by atoms with Crippen LogP contribution in [0.4, 0.5) is 15.8 Å². The van der Waals surface area contributed by atoms with Crippen LogP contribution < -0.4 is 10.2 Å². The molecule has 2 amide bonds. The summed E-state index contributed by atoms with van der Waals surface area (Å²) in [5.74, 6) is -3.19. The molecule has 1 heterocycles. The summed E-state index contributed by atoms with van der Waals surface area (Å²) in [4.78, 5) is 39.1. The van der Waals surface area contributed by atoms with Crippen molar-refractivity contribution in [2.75, 3.05) is 4.90 Å². The second-order valence-corrected chi connectivity index (χ2v) is 9.55. The maximum atomic E-state index is 14.1. The Balaban J connectivity index is 1.57. The van der Waals surface area contributed by atoms with Gasteiger partial charge >= 0.3 is 5.97 Å². The third-order valence-corrected chi connectivity index (χ3v) is 6.67. The number of fused-ring (bicyclic) bond motifs is 1. The van der Waals surface area contributed by atoms with E-state index in [4.69, 9.17) is 23.2 Å². The van der Waals surface area contributed by atoms with E-state index in [1.807, 2.05) is 19.9 Å². The zero-order chi connectivity index (χ0) is 25.5. The largest absolute Gasteiger partial charge is 0.480 e. The molecular formula is C26H21Cl2FN2O4. The highest BCUT2D eigenvalue weighted by Gasteiger charge is 2.45. The lowest BCUT2D eigenvalue weighted by atomic mass is 9.86. The van der Waals surface area contributed by atoms with Gasteiger partial charge in [-0.05, 0) is 55.3 Å². The van der Waals surface area contributed by atoms with Crippen molar-refractivity contribution in [3.05, 3.63) is 93.2 Å². The molecule has 0 radical (unpaired) electrons. The molecular weight excluding hydrogens is 494 g/mol. The summed E-state index contributed by atoms with van der Waals surface area (Å²) < 4.78 is 14.1. The van der Waals surface area contributed by atoms with Crippen LogP contribution >= 0.6 is 23.2 Å². The number of carbonyl (C=O) groups is 3. The fourth-order valence-electron chi connectivity index (χ4n) is 4.15. The number of aliphatic carboxylic acids is 1. The Morgan fingerprint density at radius 2 is 1.66 bits per heavy atom. The number of carbonyl (C=O) groups excluding carboxylic acids is 2. The maximum Gasteiger partial charge on any atom is 0.326 e. The monoisotopic (exact) mass is 514 g/mol. The lowest BCUT2D eigenvalue weighted by Gasteiger charge is -2.21. The van der Waals surface area contributed by atoms with Crippen molar-refractivity contribution in [3.63, 3.8) is 0 Å². The highest BCUT2D eigenvalue weighted by molar-refractivity contribution is 6.35. The molecule has 0 fully saturated rings. The molecule has 35 heavy (non-hydrogen) atoms. The van der Waals surface area contributed by atoms with Gasteiger partial charge in [-0.1, -0.05) is 53.5 Å². The molecule has 0 spiro atoms. The third-order valence-electron chi connectivity index (χ3n) is 6.05. The quantitative estimate of drug-likeness (QED) is 0.453. The summed E-state index contributed by atoms with van der Waals surface area (Å²) >= 11 is 12.3. The van der Waals surface area contributed by atoms with Crippen molar-refractivity contribution in [1.29, 1.82) is 0 Å². The number of amides is 2. The number of halogens is 3. The van der Waals surface area contributed by atoms with Gasteiger partial charge in [-0.3, -0.25) is 14.5 Å². The highest BCUT2D eigenvalue weighted by atomic mass is 35.5. The van der Waals surface area contributed by atoms with Crippen LogP contribution in [0.15, 0.2) is 60.7 Å². The second kappa shape index (κ2) is 9.32. The van der Waals surface area contributed by atoms with Gasteiger partial charge in [-0.15, -0.1) is 0 Å². The number of benzene rings is 3. The van der Waals surface area contributed by atoms with Gasteiger partial charge in [0.2, 0.25) is 5.91 Å². The van der Waals surface area contributed by atoms with E-state index < -0.39 is 34.7 Å². The van der Waals surface area contributed by atoms with Crippen LogP contribution in [0, 0.1) is 5.82 Å². The number of nitrogens with zero attached hydrogens (tertiary/aromatic N) is 1. The smallest absolute Gasteiger partial charge is 0.326 e. The zero-order valence-corrected chi connectivity index (χ0v) is 20.3. The van der Waals surface area contributed by atoms with Crippen molar-refractivity contribution in [2.45, 2.75) is 31.7 Å². The highest BCUT2D eigenvalue weighted by Crippen LogP contribution is 2.48. The number of carboxylic acids is 1. The van der Waals surface area contributed by atoms with Gasteiger partial charge in [0, 0.05) is 12.1 Å². The van der Waals surface area contributed by atoms with E-state index >= 15 is 0 Å². The first kappa shape index (κ1) is 24.7. The van der Waals surface area contributed by atoms with Crippen LogP contribution in [0.5, 0.6) is 0 Å². The summed E-state index contributed by atoms with van der Waals surface area (Å²) in [5.41, 5.74) is 1.43. The van der Waals surface area contributed by atoms with Gasteiger partial charge in [0.1, 0.15) is 11.9 Å². The van der Waals surface area contributed by atoms with Gasteiger partial charge in [0.25, 0.3) is 5.91 Å². The summed E-state index contributed by atoms with van der Waals surface area (Å²) in [6, 6.07) is 14.6. The molecule has 6 nitrogen and oxygen atoms in total. The van der Waals surface area contributed by atoms with Crippen molar-refractivity contribution in [3.8, 4) is 0 Å². The molecule has 1 aliphatic rings. The number of hydrogen-bond acceptors (Lipinski definition) is 3. The molecule has 0 bridgehead atoms. The number of rotatable bonds is 6. The van der Waals surface area contributed by atoms with E-state index in [0.717, 1.165) is 11.6 Å². The Kier molecular flexibility index (Phi) is 6.58. The number of para-hydroxylation sites is 1. The molecule has 0 aliphatic carbocycles. The van der Waals surface area contributed by atoms with E-state index in [0.29, 0.717) is 22.0 Å². The number of anilines is 2. The SMILES string of the molecule is CC1(C)C(=O)N(c2ccc(CC(NC(=O)c3c(F)cccc3Cl)C(=O)O)cc2)c2c(Cl)cccc21. The van der Waals surface area contributed by atoms with Crippen LogP contribution in [0.1, 0.15) is 35.3 Å². The minimum absolute atomic E-state index is 0.0653. The predicted octanol–water partition coefficient (Wildman–Crippen LogP) is 5.51. The molecule has 1 unspecified atom stereocenters. The molecule has 0 saturated carbocycles. The van der Waals surface area contributed by atoms with E-state index in [9.17, 15) is 23.9 Å². The van der Waals surface area contributed by atoms with Crippen molar-refractivity contribution < 1.29 is 23.9 Å². The average molecular weight is 515 g/mol. The van der Waals surface area contributed by atoms with Gasteiger partial charge in [0.15, 0.2) is 0 Å². The van der Waals surface area contributed by atoms with Crippen LogP contribution in [-0.4, -0.2) is 28.9 Å². The minimum Gasteiger partial charge on any atom is -0.480 e. The maximum absolute atomic E-state index is 14.1. The first-order valence-electron chi connectivity index (χ1n) is 10.7. The summed E-state index contributed by atoms with van der Waals surface area (Å²) in [6.07, 6.45) is -0.0653. The number of carboxylic acid groups (broad SMARTS) is 1. The van der Waals surface area contributed by atoms with Crippen molar-refractivity contribution in [2.24, 2.45) is 0 Å². The van der Waals surface area contributed by atoms with Crippen LogP contribution in [0.25, 0.3) is 0 Å². The van der Waals surface area contributed by atoms with Crippen molar-refractivity contribution >= 4 is 52.4 Å². The minimum atomic E-state index is -1.33. The second-order valence-electron chi connectivity index (χ2n) is 8.73. The van der Waals surface area contributed by atoms with Crippen LogP contribution in [0.3, 0.4) is 0 Å². The predicted molar refractivity (Wildman–Crippen MR) is 132 cm³/mol. The number of nitrogens with one attached hydrogen (secondary N) is 1. The molecule has 3 aromatic rings. The first-order valence-corrected chi connectivity index (χ1v) is 11.5. The molecule has 0 aromatic heterocycles. The van der Waals surface area contributed by atoms with E-state index in [2.05, 4.69) is 5.32 Å². The van der Waals surface area contributed by atoms with Gasteiger partial charge < -0.3 is 10.4 Å². The lowest BCUT2D eigenvalue weighted by Crippen LogP contribution is -2.42. The molecule has 0 saturated heterocycles. The lowest BCUT2D eigenvalue weighted by molar-refractivity contribution is -0.139. The Morgan fingerprint density at radius 3 is 2.29 bits per heavy atom. The Labute approximate surface area is 211 Å². The van der Waals surface area contributed by atoms with E-state index in [-0.39, 0.29) is 17.4 Å². The van der Waals surface area contributed by atoms with Crippen LogP contribution in [0.2, 0.25) is 10.0 Å². The van der Waals surface area contributed by atoms with E-state index in [1.165, 1.54) is 12.1 Å². The molecule has 9 heteroatoms. The van der Waals surface area contributed by atoms with Crippen LogP contribution in [-0.2, 0) is 21.4 Å². The van der Waals surface area contributed by atoms with E-state index in [1.54, 1.807) is 41.3 Å². The molecule has 1 atom stereocenters. The first-order chi connectivity index (χ1) is 16.5. The standard InChI is InChI=1S/C26H21Cl2FN2O4/c1-26(2)16-5-3-7-18(28)22(16)31(25(26)35)15-11-9-14(10-12-15)13-20(24(33)34)30-23(32)21-17(27)6-4-8-19(21)29/h3-12,20H,13H2,1-2H3,(H,30,32)(H,33,34). The topological polar surface area (TPSA) is 86.7 Å². The zero-order valence-electron chi connectivity index (χ0n) is 18.8. The molecule has 2 N–H and O–H groups in total. The normalized spacial score (nSPS) is 15.0. The van der Waals surface area contributed by atoms with Gasteiger partial charge in [-0.25, -0.2) is 9.18 Å². The summed E-state index contributed by atoms with van der Waals surface area (Å²) in [5, 5.41) is 12.3. The molecule has 3 aromatic carbocycles. The fourth-order valence-corrected chi connectivity index (χ4v) is 4.66. The molecule has 1 aliphatic heterocycles. The average Bonchev–Trinajstić information content (AvgIpc) is 3.00. The van der Waals surface area contributed by atoms with Crippen molar-refractivity contribution in [1.82, 2.24) is 5.32 Å². The van der Waals surface area contributed by atoms with Gasteiger partial charge in [-0.2, -0.15) is 0 Å². The Bertz CT molecular complexity index is 1320. The summed E-state index contributed by atoms with van der Waals surface area (Å²) in [7, 11) is 0. The Morgan fingerprint density at radius 1 is 1.03 bits per heavy atom. The third kappa shape index (κ3) is 4.49. The molecule has 180 valence electrons.